The highest BCUT2D eigenvalue weighted by Crippen LogP contribution is 2.14. The average Bonchev–Trinajstić information content (AvgIpc) is 2.85. The summed E-state index contributed by atoms with van der Waals surface area (Å²) in [4.78, 5) is 20.6. The number of hydrogen-bond acceptors (Lipinski definition) is 3. The third-order valence-electron chi connectivity index (χ3n) is 3.03. The molecule has 0 unspecified atom stereocenters. The number of aromatic amines is 1. The van der Waals surface area contributed by atoms with E-state index in [-0.39, 0.29) is 5.56 Å². The molecule has 6 heteroatoms. The number of fused-ring (bicyclic) bond motifs is 1. The van der Waals surface area contributed by atoms with Crippen molar-refractivity contribution < 1.29 is 0 Å². The number of rotatable bonds is 2. The highest BCUT2D eigenvalue weighted by atomic mass is 79.9. The van der Waals surface area contributed by atoms with Crippen LogP contribution >= 0.6 is 15.9 Å². The molecule has 2 heterocycles. The number of hydrogen-bond donors (Lipinski definition) is 1. The van der Waals surface area contributed by atoms with E-state index < -0.39 is 0 Å². The zero-order valence-corrected chi connectivity index (χ0v) is 11.8. The summed E-state index contributed by atoms with van der Waals surface area (Å²) in [5.41, 5.74) is 2.39. The van der Waals surface area contributed by atoms with Gasteiger partial charge in [0, 0.05) is 16.5 Å². The smallest absolute Gasteiger partial charge is 0.277 e. The monoisotopic (exact) mass is 318 g/mol. The minimum atomic E-state index is -0.0945. The third kappa shape index (κ3) is 2.19. The maximum absolute atomic E-state index is 12.3. The van der Waals surface area contributed by atoms with Crippen LogP contribution in [0.4, 0.5) is 0 Å². The molecule has 0 amide bonds. The number of nitrogens with one attached hydrogen (secondary N) is 1. The van der Waals surface area contributed by atoms with Crippen molar-refractivity contribution in [2.45, 2.75) is 13.3 Å². The van der Waals surface area contributed by atoms with Gasteiger partial charge in [0.15, 0.2) is 0 Å². The number of halogens is 1. The van der Waals surface area contributed by atoms with Crippen LogP contribution in [0, 0.1) is 6.92 Å². The van der Waals surface area contributed by atoms with Crippen LogP contribution in [0.5, 0.6) is 0 Å². The molecule has 96 valence electrons. The van der Waals surface area contributed by atoms with Crippen molar-refractivity contribution in [2.24, 2.45) is 0 Å². The van der Waals surface area contributed by atoms with Crippen LogP contribution < -0.4 is 5.56 Å². The van der Waals surface area contributed by atoms with Crippen molar-refractivity contribution in [1.29, 1.82) is 0 Å². The molecule has 5 nitrogen and oxygen atoms in total. The number of aromatic nitrogens is 4. The van der Waals surface area contributed by atoms with Gasteiger partial charge < -0.3 is 0 Å². The lowest BCUT2D eigenvalue weighted by atomic mass is 10.1. The van der Waals surface area contributed by atoms with Gasteiger partial charge in [0.2, 0.25) is 0 Å². The van der Waals surface area contributed by atoms with Gasteiger partial charge in [0.05, 0.1) is 5.69 Å². The first-order chi connectivity index (χ1) is 9.15. The van der Waals surface area contributed by atoms with Gasteiger partial charge in [-0.1, -0.05) is 28.1 Å². The van der Waals surface area contributed by atoms with Gasteiger partial charge >= 0.3 is 0 Å². The number of benzene rings is 1. The zero-order valence-electron chi connectivity index (χ0n) is 10.2. The molecule has 0 fully saturated rings. The van der Waals surface area contributed by atoms with Crippen LogP contribution in [0.15, 0.2) is 39.9 Å². The van der Waals surface area contributed by atoms with Crippen molar-refractivity contribution in [3.05, 3.63) is 62.2 Å². The predicted octanol–water partition coefficient (Wildman–Crippen LogP) is 2.08. The summed E-state index contributed by atoms with van der Waals surface area (Å²) >= 11 is 3.40. The van der Waals surface area contributed by atoms with E-state index in [4.69, 9.17) is 0 Å². The van der Waals surface area contributed by atoms with Gasteiger partial charge in [-0.15, -0.1) is 0 Å². The summed E-state index contributed by atoms with van der Waals surface area (Å²) < 4.78 is 2.38. The van der Waals surface area contributed by atoms with E-state index in [2.05, 4.69) is 31.0 Å². The number of nitrogens with zero attached hydrogens (tertiary/aromatic N) is 3. The molecule has 0 saturated carbocycles. The Morgan fingerprint density at radius 2 is 2.05 bits per heavy atom. The van der Waals surface area contributed by atoms with E-state index in [1.807, 2.05) is 31.2 Å². The molecule has 0 bridgehead atoms. The van der Waals surface area contributed by atoms with Crippen molar-refractivity contribution in [3.63, 3.8) is 0 Å². The highest BCUT2D eigenvalue weighted by molar-refractivity contribution is 9.10. The van der Waals surface area contributed by atoms with E-state index in [0.717, 1.165) is 15.7 Å². The predicted molar refractivity (Wildman–Crippen MR) is 75.3 cm³/mol. The molecule has 0 saturated heterocycles. The highest BCUT2D eigenvalue weighted by Gasteiger charge is 2.11. The second-order valence-corrected chi connectivity index (χ2v) is 5.22. The lowest BCUT2D eigenvalue weighted by Crippen LogP contribution is -2.22. The minimum Gasteiger partial charge on any atom is -0.278 e. The average molecular weight is 319 g/mol. The minimum absolute atomic E-state index is 0.0945. The van der Waals surface area contributed by atoms with Crippen LogP contribution in [0.3, 0.4) is 0 Å². The number of aryl methyl sites for hydroxylation is 1. The quantitative estimate of drug-likeness (QED) is 0.786. The SMILES string of the molecule is Cc1nc2nc[nH]n2c(=O)c1Cc1ccc(Br)cc1. The van der Waals surface area contributed by atoms with Crippen LogP contribution in [-0.2, 0) is 6.42 Å². The first kappa shape index (κ1) is 12.1. The Labute approximate surface area is 117 Å². The lowest BCUT2D eigenvalue weighted by Gasteiger charge is -2.05. The molecule has 1 aromatic carbocycles. The summed E-state index contributed by atoms with van der Waals surface area (Å²) in [5.74, 6) is 0.405. The molecule has 2 aromatic heterocycles. The van der Waals surface area contributed by atoms with Crippen molar-refractivity contribution in [3.8, 4) is 0 Å². The van der Waals surface area contributed by atoms with E-state index in [1.54, 1.807) is 0 Å². The third-order valence-corrected chi connectivity index (χ3v) is 3.56. The van der Waals surface area contributed by atoms with Gasteiger partial charge in [-0.2, -0.15) is 4.52 Å². The molecule has 19 heavy (non-hydrogen) atoms. The fraction of sp³-hybridized carbons (Fsp3) is 0.154. The summed E-state index contributed by atoms with van der Waals surface area (Å²) in [6, 6.07) is 7.91. The lowest BCUT2D eigenvalue weighted by molar-refractivity contribution is 0.858. The maximum Gasteiger partial charge on any atom is 0.277 e. The molecular formula is C13H11BrN4O. The number of H-pyrrole nitrogens is 1. The van der Waals surface area contributed by atoms with Gasteiger partial charge in [-0.05, 0) is 24.6 Å². The Bertz CT molecular complexity index is 789. The van der Waals surface area contributed by atoms with Crippen LogP contribution in [0.1, 0.15) is 16.8 Å². The molecule has 0 aliphatic carbocycles. The first-order valence-electron chi connectivity index (χ1n) is 5.81. The van der Waals surface area contributed by atoms with E-state index in [0.29, 0.717) is 17.8 Å². The summed E-state index contributed by atoms with van der Waals surface area (Å²) in [5, 5.41) is 2.77. The van der Waals surface area contributed by atoms with Gasteiger partial charge in [-0.3, -0.25) is 9.89 Å². The second-order valence-electron chi connectivity index (χ2n) is 4.31. The van der Waals surface area contributed by atoms with Gasteiger partial charge in [-0.25, -0.2) is 9.97 Å². The fourth-order valence-corrected chi connectivity index (χ4v) is 2.27. The van der Waals surface area contributed by atoms with Gasteiger partial charge in [0.1, 0.15) is 6.33 Å². The van der Waals surface area contributed by atoms with Crippen LogP contribution in [0.2, 0.25) is 0 Å². The fourth-order valence-electron chi connectivity index (χ4n) is 2.01. The largest absolute Gasteiger partial charge is 0.278 e. The first-order valence-corrected chi connectivity index (χ1v) is 6.60. The second kappa shape index (κ2) is 4.62. The Kier molecular flexibility index (Phi) is 2.94. The summed E-state index contributed by atoms with van der Waals surface area (Å²) in [7, 11) is 0. The Morgan fingerprint density at radius 3 is 2.79 bits per heavy atom. The molecule has 0 aliphatic rings. The standard InChI is InChI=1S/C13H11BrN4O/c1-8-11(6-9-2-4-10(14)5-3-9)12(19)18-13(17-8)15-7-16-18/h2-5,7H,6H2,1H3,(H,15,16,17). The van der Waals surface area contributed by atoms with Crippen LogP contribution in [-0.4, -0.2) is 19.6 Å². The van der Waals surface area contributed by atoms with Crippen molar-refractivity contribution in [2.75, 3.05) is 0 Å². The Hall–Kier alpha value is -1.95. The van der Waals surface area contributed by atoms with Crippen LogP contribution in [0.25, 0.3) is 5.78 Å². The maximum atomic E-state index is 12.3. The van der Waals surface area contributed by atoms with E-state index in [1.165, 1.54) is 10.8 Å². The molecule has 0 aliphatic heterocycles. The summed E-state index contributed by atoms with van der Waals surface area (Å²) in [6.45, 7) is 1.84. The zero-order chi connectivity index (χ0) is 13.4. The molecule has 0 spiro atoms. The molecule has 1 N–H and O–H groups in total. The van der Waals surface area contributed by atoms with E-state index >= 15 is 0 Å². The Morgan fingerprint density at radius 1 is 1.32 bits per heavy atom. The van der Waals surface area contributed by atoms with E-state index in [9.17, 15) is 4.79 Å². The normalized spacial score (nSPS) is 11.1. The van der Waals surface area contributed by atoms with Crippen molar-refractivity contribution in [1.82, 2.24) is 19.6 Å². The molecule has 3 rings (SSSR count). The van der Waals surface area contributed by atoms with Gasteiger partial charge in [0.25, 0.3) is 11.3 Å². The van der Waals surface area contributed by atoms with Crippen molar-refractivity contribution >= 4 is 21.7 Å². The topological polar surface area (TPSA) is 63.1 Å². The Balaban J connectivity index is 2.09. The summed E-state index contributed by atoms with van der Waals surface area (Å²) in [6.07, 6.45) is 2.03. The molecule has 3 aromatic rings. The molecular weight excluding hydrogens is 308 g/mol. The molecule has 0 atom stereocenters. The molecule has 0 radical (unpaired) electrons.